The monoisotopic (exact) mass is 286 g/mol. The molecule has 1 aliphatic heterocycles. The Morgan fingerprint density at radius 3 is 2.70 bits per heavy atom. The third-order valence-corrected chi connectivity index (χ3v) is 4.21. The van der Waals surface area contributed by atoms with Crippen LogP contribution in [0.4, 0.5) is 5.13 Å². The first-order chi connectivity index (χ1) is 9.65. The molecule has 5 heteroatoms. The minimum atomic E-state index is -0.269. The van der Waals surface area contributed by atoms with Gasteiger partial charge >= 0.3 is 0 Å². The molecular formula is C15H14N2O2S. The molecule has 4 nitrogen and oxygen atoms in total. The maximum absolute atomic E-state index is 12.4. The first kappa shape index (κ1) is 13.0. The average molecular weight is 286 g/mol. The largest absolute Gasteiger partial charge is 0.274 e. The van der Waals surface area contributed by atoms with Crippen molar-refractivity contribution >= 4 is 28.3 Å². The van der Waals surface area contributed by atoms with E-state index in [0.717, 1.165) is 5.56 Å². The lowest BCUT2D eigenvalue weighted by molar-refractivity contribution is -0.122. The van der Waals surface area contributed by atoms with Crippen LogP contribution in [0.15, 0.2) is 35.8 Å². The molecule has 3 rings (SSSR count). The Hall–Kier alpha value is -2.01. The van der Waals surface area contributed by atoms with Crippen molar-refractivity contribution in [1.82, 2.24) is 4.98 Å². The van der Waals surface area contributed by atoms with Crippen molar-refractivity contribution in [2.24, 2.45) is 5.92 Å². The second-order valence-electron chi connectivity index (χ2n) is 4.97. The Balaban J connectivity index is 1.78. The van der Waals surface area contributed by atoms with Crippen LogP contribution in [0.2, 0.25) is 0 Å². The number of amides is 2. The normalized spacial score (nSPS) is 18.9. The number of aromatic nitrogens is 1. The van der Waals surface area contributed by atoms with Crippen LogP contribution < -0.4 is 4.90 Å². The van der Waals surface area contributed by atoms with E-state index in [0.29, 0.717) is 11.6 Å². The van der Waals surface area contributed by atoms with Crippen LogP contribution in [0.1, 0.15) is 17.5 Å². The van der Waals surface area contributed by atoms with Gasteiger partial charge in [0.05, 0.1) is 5.92 Å². The SMILES string of the molecule is Cc1ccc(CC2CC(=O)N(c3nccs3)C2=O)cc1. The van der Waals surface area contributed by atoms with Crippen molar-refractivity contribution in [2.45, 2.75) is 19.8 Å². The zero-order valence-corrected chi connectivity index (χ0v) is 11.9. The molecule has 0 N–H and O–H groups in total. The molecule has 1 aromatic heterocycles. The molecule has 102 valence electrons. The summed E-state index contributed by atoms with van der Waals surface area (Å²) in [4.78, 5) is 29.6. The first-order valence-electron chi connectivity index (χ1n) is 6.47. The van der Waals surface area contributed by atoms with E-state index in [9.17, 15) is 9.59 Å². The van der Waals surface area contributed by atoms with E-state index < -0.39 is 0 Å². The molecule has 0 aliphatic carbocycles. The highest BCUT2D eigenvalue weighted by Gasteiger charge is 2.40. The van der Waals surface area contributed by atoms with Crippen LogP contribution >= 0.6 is 11.3 Å². The van der Waals surface area contributed by atoms with Gasteiger partial charge in [-0.15, -0.1) is 11.3 Å². The number of hydrogen-bond acceptors (Lipinski definition) is 4. The lowest BCUT2D eigenvalue weighted by Gasteiger charge is -2.11. The van der Waals surface area contributed by atoms with E-state index in [4.69, 9.17) is 0 Å². The summed E-state index contributed by atoms with van der Waals surface area (Å²) in [5.41, 5.74) is 2.27. The third-order valence-electron chi connectivity index (χ3n) is 3.45. The number of nitrogens with zero attached hydrogens (tertiary/aromatic N) is 2. The summed E-state index contributed by atoms with van der Waals surface area (Å²) >= 11 is 1.31. The predicted octanol–water partition coefficient (Wildman–Crippen LogP) is 2.57. The fourth-order valence-corrected chi connectivity index (χ4v) is 3.05. The Kier molecular flexibility index (Phi) is 3.36. The molecular weight excluding hydrogens is 272 g/mol. The Morgan fingerprint density at radius 1 is 1.30 bits per heavy atom. The van der Waals surface area contributed by atoms with Gasteiger partial charge in [-0.05, 0) is 18.9 Å². The first-order valence-corrected chi connectivity index (χ1v) is 7.35. The zero-order valence-electron chi connectivity index (χ0n) is 11.1. The number of carbonyl (C=O) groups is 2. The van der Waals surface area contributed by atoms with Crippen LogP contribution in [-0.2, 0) is 16.0 Å². The summed E-state index contributed by atoms with van der Waals surface area (Å²) in [6.45, 7) is 2.03. The summed E-state index contributed by atoms with van der Waals surface area (Å²) in [7, 11) is 0. The van der Waals surface area contributed by atoms with Crippen molar-refractivity contribution in [3.05, 3.63) is 47.0 Å². The van der Waals surface area contributed by atoms with E-state index in [1.807, 2.05) is 31.2 Å². The molecule has 1 atom stereocenters. The number of imide groups is 1. The number of rotatable bonds is 3. The standard InChI is InChI=1S/C15H14N2O2S/c1-10-2-4-11(5-3-10)8-12-9-13(18)17(14(12)19)15-16-6-7-20-15/h2-7,12H,8-9H2,1H3. The van der Waals surface area contributed by atoms with Crippen molar-refractivity contribution in [2.75, 3.05) is 4.90 Å². The van der Waals surface area contributed by atoms with Crippen LogP contribution in [0.5, 0.6) is 0 Å². The van der Waals surface area contributed by atoms with Crippen molar-refractivity contribution in [3.63, 3.8) is 0 Å². The molecule has 1 unspecified atom stereocenters. The van der Waals surface area contributed by atoms with E-state index in [1.54, 1.807) is 11.6 Å². The smallest absolute Gasteiger partial charge is 0.239 e. The van der Waals surface area contributed by atoms with Gasteiger partial charge in [-0.2, -0.15) is 0 Å². The van der Waals surface area contributed by atoms with Crippen LogP contribution in [0, 0.1) is 12.8 Å². The van der Waals surface area contributed by atoms with E-state index in [-0.39, 0.29) is 24.2 Å². The number of anilines is 1. The topological polar surface area (TPSA) is 50.3 Å². The molecule has 0 spiro atoms. The zero-order chi connectivity index (χ0) is 14.1. The number of hydrogen-bond donors (Lipinski definition) is 0. The number of benzene rings is 1. The molecule has 20 heavy (non-hydrogen) atoms. The second kappa shape index (κ2) is 5.17. The highest BCUT2D eigenvalue weighted by Crippen LogP contribution is 2.29. The predicted molar refractivity (Wildman–Crippen MR) is 77.6 cm³/mol. The van der Waals surface area contributed by atoms with Crippen molar-refractivity contribution < 1.29 is 9.59 Å². The van der Waals surface area contributed by atoms with Crippen molar-refractivity contribution in [3.8, 4) is 0 Å². The lowest BCUT2D eigenvalue weighted by atomic mass is 9.97. The number of carbonyl (C=O) groups excluding carboxylic acids is 2. The van der Waals surface area contributed by atoms with Gasteiger partial charge in [-0.1, -0.05) is 29.8 Å². The summed E-state index contributed by atoms with van der Waals surface area (Å²) in [6, 6.07) is 8.07. The highest BCUT2D eigenvalue weighted by atomic mass is 32.1. The van der Waals surface area contributed by atoms with E-state index in [1.165, 1.54) is 21.8 Å². The molecule has 1 fully saturated rings. The summed E-state index contributed by atoms with van der Waals surface area (Å²) < 4.78 is 0. The molecule has 1 saturated heterocycles. The van der Waals surface area contributed by atoms with E-state index in [2.05, 4.69) is 4.98 Å². The number of aryl methyl sites for hydroxylation is 1. The van der Waals surface area contributed by atoms with Crippen LogP contribution in [-0.4, -0.2) is 16.8 Å². The maximum atomic E-state index is 12.4. The second-order valence-corrected chi connectivity index (χ2v) is 5.85. The molecule has 1 aromatic carbocycles. The van der Waals surface area contributed by atoms with Gasteiger partial charge in [-0.25, -0.2) is 9.88 Å². The highest BCUT2D eigenvalue weighted by molar-refractivity contribution is 7.14. The number of thiazole rings is 1. The summed E-state index contributed by atoms with van der Waals surface area (Å²) in [5, 5.41) is 2.25. The maximum Gasteiger partial charge on any atom is 0.239 e. The third kappa shape index (κ3) is 2.36. The van der Waals surface area contributed by atoms with E-state index >= 15 is 0 Å². The van der Waals surface area contributed by atoms with Gasteiger partial charge in [0.15, 0.2) is 5.13 Å². The van der Waals surface area contributed by atoms with Crippen LogP contribution in [0.25, 0.3) is 0 Å². The molecule has 2 heterocycles. The van der Waals surface area contributed by atoms with Gasteiger partial charge in [0.25, 0.3) is 0 Å². The molecule has 2 amide bonds. The van der Waals surface area contributed by atoms with Crippen LogP contribution in [0.3, 0.4) is 0 Å². The summed E-state index contributed by atoms with van der Waals surface area (Å²) in [5.74, 6) is -0.554. The molecule has 1 aliphatic rings. The van der Waals surface area contributed by atoms with Gasteiger partial charge < -0.3 is 0 Å². The minimum absolute atomic E-state index is 0.134. The van der Waals surface area contributed by atoms with Gasteiger partial charge in [0.1, 0.15) is 0 Å². The van der Waals surface area contributed by atoms with Crippen molar-refractivity contribution in [1.29, 1.82) is 0 Å². The molecule has 2 aromatic rings. The fraction of sp³-hybridized carbons (Fsp3) is 0.267. The Morgan fingerprint density at radius 2 is 2.05 bits per heavy atom. The average Bonchev–Trinajstić information content (AvgIpc) is 3.02. The molecule has 0 radical (unpaired) electrons. The molecule has 0 saturated carbocycles. The van der Waals surface area contributed by atoms with Gasteiger partial charge in [-0.3, -0.25) is 9.59 Å². The fourth-order valence-electron chi connectivity index (χ4n) is 2.39. The summed E-state index contributed by atoms with van der Waals surface area (Å²) in [6.07, 6.45) is 2.48. The lowest BCUT2D eigenvalue weighted by Crippen LogP contribution is -2.30. The van der Waals surface area contributed by atoms with Gasteiger partial charge in [0, 0.05) is 18.0 Å². The minimum Gasteiger partial charge on any atom is -0.274 e. The quantitative estimate of drug-likeness (QED) is 0.815. The molecule has 0 bridgehead atoms. The Bertz CT molecular complexity index is 634. The Labute approximate surface area is 121 Å². The van der Waals surface area contributed by atoms with Gasteiger partial charge in [0.2, 0.25) is 11.8 Å².